The van der Waals surface area contributed by atoms with Crippen LogP contribution in [0.2, 0.25) is 0 Å². The number of nitrogens with zero attached hydrogens (tertiary/aromatic N) is 7. The second-order valence-corrected chi connectivity index (χ2v) is 9.63. The Balaban J connectivity index is 0.000000225. The molecule has 0 atom stereocenters. The Morgan fingerprint density at radius 1 is 0.488 bits per heavy atom. The van der Waals surface area contributed by atoms with Gasteiger partial charge >= 0.3 is 0 Å². The van der Waals surface area contributed by atoms with Gasteiger partial charge in [-0.05, 0) is 67.3 Å². The van der Waals surface area contributed by atoms with Gasteiger partial charge in [0, 0.05) is 63.2 Å². The van der Waals surface area contributed by atoms with Crippen molar-refractivity contribution < 1.29 is 40.2 Å². The van der Waals surface area contributed by atoms with E-state index in [2.05, 4.69) is 79.1 Å². The molecule has 5 aromatic heterocycles. The molecule has 9 heteroatoms. The summed E-state index contributed by atoms with van der Waals surface area (Å²) in [7, 11) is 0. The fourth-order valence-electron chi connectivity index (χ4n) is 4.45. The van der Waals surface area contributed by atoms with E-state index < -0.39 is 0 Å². The minimum atomic E-state index is 0. The molecular weight excluding hydrogens is 891 g/mol. The minimum absolute atomic E-state index is 0. The van der Waals surface area contributed by atoms with Crippen LogP contribution in [0.25, 0.3) is 45.0 Å². The predicted octanol–water partition coefficient (Wildman–Crippen LogP) is 6.94. The molecule has 1 aromatic carbocycles. The zero-order chi connectivity index (χ0) is 28.8. The summed E-state index contributed by atoms with van der Waals surface area (Å²) in [6, 6.07) is 24.2. The van der Waals surface area contributed by atoms with Crippen LogP contribution >= 0.6 is 0 Å². The zero-order valence-electron chi connectivity index (χ0n) is 24.4. The molecular formula is C34H29Ir2N7-2. The number of rotatable bonds is 4. The smallest absolute Gasteiger partial charge is 0.106 e. The molecule has 0 amide bonds. The SMILES string of the molecule is Cc1ccc(C)c(-c2cc(-c3[c-]ccnc3C)ncn2)c1.Cc1ncc[c-]c1-c1cc(-c2cccnc2C)ncn1.[Ir].[Ir]. The van der Waals surface area contributed by atoms with Crippen LogP contribution in [0.5, 0.6) is 0 Å². The summed E-state index contributed by atoms with van der Waals surface area (Å²) in [5.74, 6) is 0. The molecule has 0 fully saturated rings. The van der Waals surface area contributed by atoms with Crippen molar-refractivity contribution in [3.05, 3.63) is 126 Å². The minimum Gasteiger partial charge on any atom is -0.357 e. The van der Waals surface area contributed by atoms with E-state index in [-0.39, 0.29) is 40.2 Å². The van der Waals surface area contributed by atoms with Gasteiger partial charge in [-0.25, -0.2) is 9.97 Å². The van der Waals surface area contributed by atoms with Gasteiger partial charge in [-0.3, -0.25) is 15.0 Å². The van der Waals surface area contributed by atoms with Crippen molar-refractivity contribution in [1.82, 2.24) is 34.9 Å². The Hall–Kier alpha value is -3.87. The third-order valence-corrected chi connectivity index (χ3v) is 6.66. The molecule has 0 saturated heterocycles. The first-order valence-corrected chi connectivity index (χ1v) is 13.2. The Labute approximate surface area is 279 Å². The van der Waals surface area contributed by atoms with Gasteiger partial charge in [0.25, 0.3) is 0 Å². The number of hydrogen-bond acceptors (Lipinski definition) is 7. The molecule has 0 spiro atoms. The number of hydrogen-bond donors (Lipinski definition) is 0. The van der Waals surface area contributed by atoms with Gasteiger partial charge in [-0.2, -0.15) is 0 Å². The molecule has 0 saturated carbocycles. The molecule has 5 heterocycles. The molecule has 6 aromatic rings. The Morgan fingerprint density at radius 3 is 1.53 bits per heavy atom. The summed E-state index contributed by atoms with van der Waals surface area (Å²) in [5, 5.41) is 0. The average Bonchev–Trinajstić information content (AvgIpc) is 3.00. The Bertz CT molecular complexity index is 1760. The first kappa shape index (κ1) is 33.6. The van der Waals surface area contributed by atoms with Crippen LogP contribution in [-0.2, 0) is 40.2 Å². The maximum absolute atomic E-state index is 4.42. The van der Waals surface area contributed by atoms with Gasteiger partial charge in [0.1, 0.15) is 12.7 Å². The summed E-state index contributed by atoms with van der Waals surface area (Å²) < 4.78 is 0. The largest absolute Gasteiger partial charge is 0.357 e. The molecule has 220 valence electrons. The monoisotopic (exact) mass is 921 g/mol. The molecule has 0 aliphatic carbocycles. The fraction of sp³-hybridized carbons (Fsp3) is 0.147. The Morgan fingerprint density at radius 2 is 1.00 bits per heavy atom. The van der Waals surface area contributed by atoms with Gasteiger partial charge in [-0.1, -0.05) is 56.1 Å². The number of aryl methyl sites for hydroxylation is 5. The summed E-state index contributed by atoms with van der Waals surface area (Å²) in [6.45, 7) is 10.1. The van der Waals surface area contributed by atoms with Crippen molar-refractivity contribution >= 4 is 0 Å². The van der Waals surface area contributed by atoms with Crippen molar-refractivity contribution in [3.8, 4) is 45.0 Å². The predicted molar refractivity (Wildman–Crippen MR) is 161 cm³/mol. The molecule has 0 aliphatic heterocycles. The number of pyridine rings is 3. The summed E-state index contributed by atoms with van der Waals surface area (Å²) in [6.07, 6.45) is 8.42. The molecule has 6 rings (SSSR count). The van der Waals surface area contributed by atoms with E-state index in [1.807, 2.05) is 51.1 Å². The molecule has 0 N–H and O–H groups in total. The van der Waals surface area contributed by atoms with Crippen LogP contribution in [0.3, 0.4) is 0 Å². The molecule has 0 unspecified atom stereocenters. The first-order chi connectivity index (χ1) is 19.9. The van der Waals surface area contributed by atoms with E-state index in [4.69, 9.17) is 0 Å². The molecule has 0 bridgehead atoms. The van der Waals surface area contributed by atoms with Gasteiger partial charge < -0.3 is 9.97 Å². The zero-order valence-corrected chi connectivity index (χ0v) is 29.2. The molecule has 43 heavy (non-hydrogen) atoms. The molecule has 7 nitrogen and oxygen atoms in total. The van der Waals surface area contributed by atoms with E-state index in [0.717, 1.165) is 62.1 Å². The van der Waals surface area contributed by atoms with Crippen LogP contribution < -0.4 is 0 Å². The topological polar surface area (TPSA) is 90.2 Å². The van der Waals surface area contributed by atoms with Gasteiger partial charge in [0.2, 0.25) is 0 Å². The van der Waals surface area contributed by atoms with E-state index in [0.29, 0.717) is 0 Å². The van der Waals surface area contributed by atoms with Crippen LogP contribution in [0.4, 0.5) is 0 Å². The van der Waals surface area contributed by atoms with Crippen molar-refractivity contribution in [1.29, 1.82) is 0 Å². The van der Waals surface area contributed by atoms with Gasteiger partial charge in [0.15, 0.2) is 0 Å². The van der Waals surface area contributed by atoms with Crippen molar-refractivity contribution in [2.24, 2.45) is 0 Å². The maximum atomic E-state index is 4.42. The first-order valence-electron chi connectivity index (χ1n) is 13.2. The quantitative estimate of drug-likeness (QED) is 0.177. The van der Waals surface area contributed by atoms with Crippen LogP contribution in [-0.4, -0.2) is 34.9 Å². The average molecular weight is 920 g/mol. The van der Waals surface area contributed by atoms with Crippen LogP contribution in [0, 0.1) is 46.8 Å². The molecule has 0 aliphatic rings. The summed E-state index contributed by atoms with van der Waals surface area (Å²) >= 11 is 0. The van der Waals surface area contributed by atoms with Crippen molar-refractivity contribution in [3.63, 3.8) is 0 Å². The van der Waals surface area contributed by atoms with E-state index >= 15 is 0 Å². The normalized spacial score (nSPS) is 10.1. The number of benzene rings is 1. The second-order valence-electron chi connectivity index (χ2n) is 9.63. The third kappa shape index (κ3) is 8.15. The van der Waals surface area contributed by atoms with E-state index in [1.165, 1.54) is 11.1 Å². The van der Waals surface area contributed by atoms with Gasteiger partial charge in [-0.15, -0.1) is 35.4 Å². The van der Waals surface area contributed by atoms with Gasteiger partial charge in [0.05, 0.1) is 11.4 Å². The summed E-state index contributed by atoms with van der Waals surface area (Å²) in [5.41, 5.74) is 12.6. The van der Waals surface area contributed by atoms with Crippen LogP contribution in [0.15, 0.2) is 85.8 Å². The fourth-order valence-corrected chi connectivity index (χ4v) is 4.45. The van der Waals surface area contributed by atoms with Crippen molar-refractivity contribution in [2.45, 2.75) is 34.6 Å². The van der Waals surface area contributed by atoms with E-state index in [1.54, 1.807) is 37.3 Å². The van der Waals surface area contributed by atoms with Crippen molar-refractivity contribution in [2.75, 3.05) is 0 Å². The summed E-state index contributed by atoms with van der Waals surface area (Å²) in [4.78, 5) is 30.3. The van der Waals surface area contributed by atoms with Crippen LogP contribution in [0.1, 0.15) is 28.2 Å². The maximum Gasteiger partial charge on any atom is 0.106 e. The molecule has 2 radical (unpaired) electrons. The van der Waals surface area contributed by atoms with E-state index in [9.17, 15) is 0 Å². The second kappa shape index (κ2) is 15.6. The standard InChI is InChI=1S/C18H16N3.C16H13N4.2Ir/c1-12-6-7-13(2)16(9-12)18-10-17(20-11-21-18)15-5-4-8-19-14(15)3;1-11-13(5-3-7-17-11)15-9-16(20-10-19-15)14-6-4-8-18-12(14)2;;/h4,6-11H,1-3H3;3-5,7-10H,1-2H3;;/q2*-1;;. The number of aromatic nitrogens is 7. The third-order valence-electron chi connectivity index (χ3n) is 6.66. The Kier molecular flexibility index (Phi) is 12.2.